The SMILES string of the molecule is CCCNCC1(c2cccc(Br)c2)CC(C(C)C)C1. The summed E-state index contributed by atoms with van der Waals surface area (Å²) >= 11 is 3.61. The Hall–Kier alpha value is -0.340. The van der Waals surface area contributed by atoms with Gasteiger partial charge in [0, 0.05) is 16.4 Å². The normalized spacial score (nSPS) is 26.5. The van der Waals surface area contributed by atoms with E-state index in [1.165, 1.54) is 29.3 Å². The van der Waals surface area contributed by atoms with E-state index in [1.807, 2.05) is 0 Å². The van der Waals surface area contributed by atoms with Crippen LogP contribution in [0, 0.1) is 11.8 Å². The van der Waals surface area contributed by atoms with Gasteiger partial charge in [0.25, 0.3) is 0 Å². The van der Waals surface area contributed by atoms with Crippen molar-refractivity contribution in [1.82, 2.24) is 5.32 Å². The smallest absolute Gasteiger partial charge is 0.0178 e. The molecule has 19 heavy (non-hydrogen) atoms. The number of halogens is 1. The maximum absolute atomic E-state index is 3.64. The van der Waals surface area contributed by atoms with Gasteiger partial charge in [-0.15, -0.1) is 0 Å². The minimum atomic E-state index is 0.369. The van der Waals surface area contributed by atoms with E-state index in [0.29, 0.717) is 5.41 Å². The lowest BCUT2D eigenvalue weighted by Gasteiger charge is -2.50. The first-order valence-electron chi connectivity index (χ1n) is 7.54. The Balaban J connectivity index is 2.12. The Kier molecular flexibility index (Phi) is 5.08. The topological polar surface area (TPSA) is 12.0 Å². The molecule has 0 spiro atoms. The number of rotatable bonds is 6. The van der Waals surface area contributed by atoms with Crippen molar-refractivity contribution in [3.05, 3.63) is 34.3 Å². The molecule has 1 nitrogen and oxygen atoms in total. The molecule has 0 aliphatic heterocycles. The van der Waals surface area contributed by atoms with Gasteiger partial charge in [0.1, 0.15) is 0 Å². The van der Waals surface area contributed by atoms with Crippen LogP contribution in [0.4, 0.5) is 0 Å². The van der Waals surface area contributed by atoms with Crippen molar-refractivity contribution in [3.63, 3.8) is 0 Å². The highest BCUT2D eigenvalue weighted by Crippen LogP contribution is 2.50. The molecule has 0 amide bonds. The second-order valence-electron chi connectivity index (χ2n) is 6.38. The number of hydrogen-bond acceptors (Lipinski definition) is 1. The van der Waals surface area contributed by atoms with Gasteiger partial charge in [-0.1, -0.05) is 48.8 Å². The van der Waals surface area contributed by atoms with Gasteiger partial charge in [-0.25, -0.2) is 0 Å². The number of nitrogens with one attached hydrogen (secondary N) is 1. The highest BCUT2D eigenvalue weighted by Gasteiger charge is 2.45. The van der Waals surface area contributed by atoms with Gasteiger partial charge in [0.05, 0.1) is 0 Å². The number of hydrogen-bond donors (Lipinski definition) is 1. The summed E-state index contributed by atoms with van der Waals surface area (Å²) in [5.41, 5.74) is 1.87. The minimum absolute atomic E-state index is 0.369. The van der Waals surface area contributed by atoms with Crippen LogP contribution in [0.2, 0.25) is 0 Å². The van der Waals surface area contributed by atoms with E-state index in [9.17, 15) is 0 Å². The molecule has 0 bridgehead atoms. The lowest BCUT2D eigenvalue weighted by molar-refractivity contribution is 0.0978. The fourth-order valence-corrected chi connectivity index (χ4v) is 3.62. The summed E-state index contributed by atoms with van der Waals surface area (Å²) in [5, 5.41) is 3.64. The average Bonchev–Trinajstić information content (AvgIpc) is 2.32. The number of benzene rings is 1. The lowest BCUT2D eigenvalue weighted by atomic mass is 9.56. The Labute approximate surface area is 126 Å². The molecule has 1 aromatic carbocycles. The van der Waals surface area contributed by atoms with Gasteiger partial charge in [0.2, 0.25) is 0 Å². The van der Waals surface area contributed by atoms with E-state index in [2.05, 4.69) is 66.3 Å². The van der Waals surface area contributed by atoms with E-state index < -0.39 is 0 Å². The largest absolute Gasteiger partial charge is 0.316 e. The molecule has 1 fully saturated rings. The van der Waals surface area contributed by atoms with E-state index >= 15 is 0 Å². The van der Waals surface area contributed by atoms with E-state index in [4.69, 9.17) is 0 Å². The Morgan fingerprint density at radius 1 is 1.37 bits per heavy atom. The molecule has 0 heterocycles. The Bertz CT molecular complexity index is 407. The molecular formula is C17H26BrN. The molecule has 1 aliphatic rings. The van der Waals surface area contributed by atoms with Crippen LogP contribution in [0.15, 0.2) is 28.7 Å². The summed E-state index contributed by atoms with van der Waals surface area (Å²) in [5.74, 6) is 1.70. The molecule has 0 aromatic heterocycles. The van der Waals surface area contributed by atoms with Gasteiger partial charge in [-0.2, -0.15) is 0 Å². The Morgan fingerprint density at radius 3 is 2.68 bits per heavy atom. The standard InChI is InChI=1S/C17H26BrN/c1-4-8-19-12-17(10-14(11-17)13(2)3)15-6-5-7-16(18)9-15/h5-7,9,13-14,19H,4,8,10-12H2,1-3H3. The molecule has 1 N–H and O–H groups in total. The van der Waals surface area contributed by atoms with Gasteiger partial charge in [0.15, 0.2) is 0 Å². The van der Waals surface area contributed by atoms with Crippen LogP contribution in [0.1, 0.15) is 45.6 Å². The lowest BCUT2D eigenvalue weighted by Crippen LogP contribution is -2.50. The van der Waals surface area contributed by atoms with Crippen molar-refractivity contribution in [1.29, 1.82) is 0 Å². The first-order chi connectivity index (χ1) is 9.07. The molecule has 106 valence electrons. The fourth-order valence-electron chi connectivity index (χ4n) is 3.22. The maximum Gasteiger partial charge on any atom is 0.0178 e. The summed E-state index contributed by atoms with van der Waals surface area (Å²) in [4.78, 5) is 0. The third-order valence-corrected chi connectivity index (χ3v) is 5.07. The highest BCUT2D eigenvalue weighted by atomic mass is 79.9. The van der Waals surface area contributed by atoms with Gasteiger partial charge < -0.3 is 5.32 Å². The second-order valence-corrected chi connectivity index (χ2v) is 7.30. The molecule has 0 unspecified atom stereocenters. The third kappa shape index (κ3) is 3.41. The summed E-state index contributed by atoms with van der Waals surface area (Å²) in [6, 6.07) is 8.90. The van der Waals surface area contributed by atoms with E-state index in [-0.39, 0.29) is 0 Å². The van der Waals surface area contributed by atoms with Crippen LogP contribution in [-0.2, 0) is 5.41 Å². The molecule has 2 heteroatoms. The van der Waals surface area contributed by atoms with Crippen molar-refractivity contribution in [2.75, 3.05) is 13.1 Å². The highest BCUT2D eigenvalue weighted by molar-refractivity contribution is 9.10. The first kappa shape index (κ1) is 15.1. The molecule has 0 atom stereocenters. The molecule has 1 aromatic rings. The second kappa shape index (κ2) is 6.41. The van der Waals surface area contributed by atoms with E-state index in [0.717, 1.165) is 24.9 Å². The molecule has 0 saturated heterocycles. The summed E-state index contributed by atoms with van der Waals surface area (Å²) in [6.07, 6.45) is 3.87. The molecule has 2 rings (SSSR count). The summed E-state index contributed by atoms with van der Waals surface area (Å²) in [7, 11) is 0. The zero-order valence-electron chi connectivity index (χ0n) is 12.4. The predicted molar refractivity (Wildman–Crippen MR) is 86.5 cm³/mol. The first-order valence-corrected chi connectivity index (χ1v) is 8.33. The van der Waals surface area contributed by atoms with Crippen molar-refractivity contribution >= 4 is 15.9 Å². The molecule has 1 saturated carbocycles. The minimum Gasteiger partial charge on any atom is -0.316 e. The predicted octanol–water partition coefficient (Wildman–Crippen LogP) is 4.75. The Morgan fingerprint density at radius 2 is 2.11 bits per heavy atom. The molecule has 1 aliphatic carbocycles. The van der Waals surface area contributed by atoms with E-state index in [1.54, 1.807) is 0 Å². The maximum atomic E-state index is 3.64. The quantitative estimate of drug-likeness (QED) is 0.745. The van der Waals surface area contributed by atoms with Gasteiger partial charge >= 0.3 is 0 Å². The zero-order chi connectivity index (χ0) is 13.9. The molecular weight excluding hydrogens is 298 g/mol. The average molecular weight is 324 g/mol. The van der Waals surface area contributed by atoms with Crippen molar-refractivity contribution in [2.45, 2.75) is 45.4 Å². The third-order valence-electron chi connectivity index (χ3n) is 4.58. The van der Waals surface area contributed by atoms with Crippen LogP contribution in [0.3, 0.4) is 0 Å². The summed E-state index contributed by atoms with van der Waals surface area (Å²) in [6.45, 7) is 9.20. The zero-order valence-corrected chi connectivity index (χ0v) is 14.0. The van der Waals surface area contributed by atoms with Crippen molar-refractivity contribution < 1.29 is 0 Å². The van der Waals surface area contributed by atoms with Crippen LogP contribution >= 0.6 is 15.9 Å². The van der Waals surface area contributed by atoms with Crippen molar-refractivity contribution in [2.24, 2.45) is 11.8 Å². The summed E-state index contributed by atoms with van der Waals surface area (Å²) < 4.78 is 1.20. The monoisotopic (exact) mass is 323 g/mol. The van der Waals surface area contributed by atoms with Crippen molar-refractivity contribution in [3.8, 4) is 0 Å². The van der Waals surface area contributed by atoms with Crippen LogP contribution in [0.5, 0.6) is 0 Å². The van der Waals surface area contributed by atoms with Crippen LogP contribution in [0.25, 0.3) is 0 Å². The van der Waals surface area contributed by atoms with Crippen LogP contribution in [-0.4, -0.2) is 13.1 Å². The fraction of sp³-hybridized carbons (Fsp3) is 0.647. The van der Waals surface area contributed by atoms with Crippen LogP contribution < -0.4 is 5.32 Å². The van der Waals surface area contributed by atoms with Gasteiger partial charge in [-0.05, 0) is 55.3 Å². The molecule has 0 radical (unpaired) electrons. The van der Waals surface area contributed by atoms with Gasteiger partial charge in [-0.3, -0.25) is 0 Å².